The summed E-state index contributed by atoms with van der Waals surface area (Å²) in [7, 11) is 1.46. The Bertz CT molecular complexity index is 336. The second kappa shape index (κ2) is 4.86. The Morgan fingerprint density at radius 1 is 1.57 bits per heavy atom. The van der Waals surface area contributed by atoms with Gasteiger partial charge in [0, 0.05) is 17.0 Å². The molecule has 0 radical (unpaired) electrons. The van der Waals surface area contributed by atoms with Crippen LogP contribution in [-0.2, 0) is 11.2 Å². The standard InChI is InChI=1S/C10H11ClO3/c1-14-9-5-4-8(11)7(10(9)13)3-2-6-12/h4-6,13H,2-3H2,1H3. The number of rotatable bonds is 4. The number of phenols is 1. The molecule has 0 heterocycles. The molecule has 1 rings (SSSR count). The summed E-state index contributed by atoms with van der Waals surface area (Å²) in [5, 5.41) is 10.1. The average molecular weight is 215 g/mol. The molecule has 76 valence electrons. The predicted molar refractivity (Wildman–Crippen MR) is 54.1 cm³/mol. The van der Waals surface area contributed by atoms with Crippen molar-refractivity contribution in [3.8, 4) is 11.5 Å². The first kappa shape index (κ1) is 10.9. The molecule has 0 saturated carbocycles. The van der Waals surface area contributed by atoms with Gasteiger partial charge in [-0.3, -0.25) is 0 Å². The van der Waals surface area contributed by atoms with Crippen LogP contribution >= 0.6 is 11.6 Å². The molecule has 0 fully saturated rings. The first-order valence-electron chi connectivity index (χ1n) is 4.18. The quantitative estimate of drug-likeness (QED) is 0.782. The van der Waals surface area contributed by atoms with Gasteiger partial charge in [-0.1, -0.05) is 11.6 Å². The lowest BCUT2D eigenvalue weighted by molar-refractivity contribution is -0.107. The van der Waals surface area contributed by atoms with Gasteiger partial charge in [0.1, 0.15) is 6.29 Å². The molecule has 0 unspecified atom stereocenters. The number of methoxy groups -OCH3 is 1. The van der Waals surface area contributed by atoms with Crippen LogP contribution in [-0.4, -0.2) is 18.5 Å². The molecule has 0 aliphatic heterocycles. The second-order valence-corrected chi connectivity index (χ2v) is 3.19. The van der Waals surface area contributed by atoms with E-state index in [4.69, 9.17) is 16.3 Å². The monoisotopic (exact) mass is 214 g/mol. The molecule has 3 nitrogen and oxygen atoms in total. The summed E-state index contributed by atoms with van der Waals surface area (Å²) in [4.78, 5) is 10.2. The van der Waals surface area contributed by atoms with Crippen molar-refractivity contribution < 1.29 is 14.6 Å². The highest BCUT2D eigenvalue weighted by Gasteiger charge is 2.11. The Kier molecular flexibility index (Phi) is 3.77. The Morgan fingerprint density at radius 2 is 2.29 bits per heavy atom. The summed E-state index contributed by atoms with van der Waals surface area (Å²) in [6.45, 7) is 0. The number of aldehydes is 1. The second-order valence-electron chi connectivity index (χ2n) is 2.78. The van der Waals surface area contributed by atoms with Gasteiger partial charge in [-0.15, -0.1) is 0 Å². The highest BCUT2D eigenvalue weighted by Crippen LogP contribution is 2.35. The van der Waals surface area contributed by atoms with Gasteiger partial charge in [0.05, 0.1) is 7.11 Å². The van der Waals surface area contributed by atoms with Gasteiger partial charge in [-0.2, -0.15) is 0 Å². The molecule has 0 saturated heterocycles. The van der Waals surface area contributed by atoms with E-state index in [0.29, 0.717) is 29.2 Å². The Labute approximate surface area is 87.3 Å². The molecule has 0 spiro atoms. The van der Waals surface area contributed by atoms with Gasteiger partial charge < -0.3 is 14.6 Å². The van der Waals surface area contributed by atoms with Crippen molar-refractivity contribution in [1.82, 2.24) is 0 Å². The molecule has 0 bridgehead atoms. The van der Waals surface area contributed by atoms with Gasteiger partial charge >= 0.3 is 0 Å². The maximum Gasteiger partial charge on any atom is 0.162 e. The van der Waals surface area contributed by atoms with Crippen LogP contribution in [0.1, 0.15) is 12.0 Å². The molecule has 0 aromatic heterocycles. The molecule has 1 N–H and O–H groups in total. The van der Waals surface area contributed by atoms with Crippen LogP contribution in [0, 0.1) is 0 Å². The first-order valence-corrected chi connectivity index (χ1v) is 4.56. The Morgan fingerprint density at radius 3 is 2.86 bits per heavy atom. The van der Waals surface area contributed by atoms with E-state index in [-0.39, 0.29) is 5.75 Å². The van der Waals surface area contributed by atoms with Crippen molar-refractivity contribution in [2.24, 2.45) is 0 Å². The minimum absolute atomic E-state index is 0.0156. The lowest BCUT2D eigenvalue weighted by atomic mass is 10.1. The fourth-order valence-corrected chi connectivity index (χ4v) is 1.44. The zero-order chi connectivity index (χ0) is 10.6. The molecule has 0 atom stereocenters. The average Bonchev–Trinajstić information content (AvgIpc) is 2.18. The SMILES string of the molecule is COc1ccc(Cl)c(CCC=O)c1O. The number of halogens is 1. The van der Waals surface area contributed by atoms with E-state index in [1.807, 2.05) is 0 Å². The van der Waals surface area contributed by atoms with Crippen molar-refractivity contribution in [3.63, 3.8) is 0 Å². The third-order valence-electron chi connectivity index (χ3n) is 1.92. The third kappa shape index (κ3) is 2.17. The maximum absolute atomic E-state index is 10.2. The highest BCUT2D eigenvalue weighted by molar-refractivity contribution is 6.31. The number of carbonyl (C=O) groups is 1. The lowest BCUT2D eigenvalue weighted by Gasteiger charge is -2.09. The van der Waals surface area contributed by atoms with Crippen LogP contribution in [0.3, 0.4) is 0 Å². The van der Waals surface area contributed by atoms with Crippen LogP contribution in [0.4, 0.5) is 0 Å². The molecule has 0 aliphatic carbocycles. The van der Waals surface area contributed by atoms with Crippen molar-refractivity contribution in [3.05, 3.63) is 22.7 Å². The largest absolute Gasteiger partial charge is 0.504 e. The van der Waals surface area contributed by atoms with E-state index >= 15 is 0 Å². The highest BCUT2D eigenvalue weighted by atomic mass is 35.5. The predicted octanol–water partition coefficient (Wildman–Crippen LogP) is 2.19. The molecule has 4 heteroatoms. The van der Waals surface area contributed by atoms with Crippen LogP contribution < -0.4 is 4.74 Å². The summed E-state index contributed by atoms with van der Waals surface area (Å²) < 4.78 is 4.92. The van der Waals surface area contributed by atoms with E-state index in [2.05, 4.69) is 0 Å². The van der Waals surface area contributed by atoms with E-state index in [1.54, 1.807) is 12.1 Å². The summed E-state index contributed by atoms with van der Waals surface area (Å²) in [6.07, 6.45) is 1.54. The van der Waals surface area contributed by atoms with Gasteiger partial charge in [0.25, 0.3) is 0 Å². The number of phenolic OH excluding ortho intramolecular Hbond substituents is 1. The molecule has 1 aromatic rings. The van der Waals surface area contributed by atoms with Crippen molar-refractivity contribution in [2.45, 2.75) is 12.8 Å². The number of benzene rings is 1. The molecule has 14 heavy (non-hydrogen) atoms. The van der Waals surface area contributed by atoms with Crippen molar-refractivity contribution in [2.75, 3.05) is 7.11 Å². The van der Waals surface area contributed by atoms with Crippen LogP contribution in [0.2, 0.25) is 5.02 Å². The van der Waals surface area contributed by atoms with Gasteiger partial charge in [-0.25, -0.2) is 0 Å². The molecular weight excluding hydrogens is 204 g/mol. The van der Waals surface area contributed by atoms with E-state index in [1.165, 1.54) is 7.11 Å². The van der Waals surface area contributed by atoms with E-state index < -0.39 is 0 Å². The molecule has 1 aromatic carbocycles. The molecule has 0 aliphatic rings. The van der Waals surface area contributed by atoms with Gasteiger partial charge in [-0.05, 0) is 18.6 Å². The lowest BCUT2D eigenvalue weighted by Crippen LogP contribution is -1.92. The molecule has 0 amide bonds. The minimum Gasteiger partial charge on any atom is -0.504 e. The summed E-state index contributed by atoms with van der Waals surface area (Å²) in [6, 6.07) is 3.22. The number of hydrogen-bond donors (Lipinski definition) is 1. The Hall–Kier alpha value is -1.22. The smallest absolute Gasteiger partial charge is 0.162 e. The minimum atomic E-state index is 0.0156. The van der Waals surface area contributed by atoms with Crippen molar-refractivity contribution >= 4 is 17.9 Å². The zero-order valence-corrected chi connectivity index (χ0v) is 8.54. The molecular formula is C10H11ClO3. The van der Waals surface area contributed by atoms with Crippen LogP contribution in [0.5, 0.6) is 11.5 Å². The van der Waals surface area contributed by atoms with E-state index in [9.17, 15) is 9.90 Å². The Balaban J connectivity index is 3.04. The third-order valence-corrected chi connectivity index (χ3v) is 2.27. The summed E-state index contributed by atoms with van der Waals surface area (Å²) in [5.41, 5.74) is 0.554. The normalized spacial score (nSPS) is 9.86. The number of ether oxygens (including phenoxy) is 1. The zero-order valence-electron chi connectivity index (χ0n) is 7.79. The summed E-state index contributed by atoms with van der Waals surface area (Å²) >= 11 is 5.86. The van der Waals surface area contributed by atoms with Crippen LogP contribution in [0.15, 0.2) is 12.1 Å². The van der Waals surface area contributed by atoms with E-state index in [0.717, 1.165) is 6.29 Å². The number of hydrogen-bond acceptors (Lipinski definition) is 3. The topological polar surface area (TPSA) is 46.5 Å². The van der Waals surface area contributed by atoms with Crippen molar-refractivity contribution in [1.29, 1.82) is 0 Å². The first-order chi connectivity index (χ1) is 6.70. The van der Waals surface area contributed by atoms with Gasteiger partial charge in [0.15, 0.2) is 11.5 Å². The fourth-order valence-electron chi connectivity index (χ4n) is 1.20. The fraction of sp³-hybridized carbons (Fsp3) is 0.300. The van der Waals surface area contributed by atoms with Crippen LogP contribution in [0.25, 0.3) is 0 Å². The maximum atomic E-state index is 10.2. The van der Waals surface area contributed by atoms with Gasteiger partial charge in [0.2, 0.25) is 0 Å². The number of aromatic hydroxyl groups is 1. The summed E-state index contributed by atoms with van der Waals surface area (Å²) in [5.74, 6) is 0.386. The number of carbonyl (C=O) groups excluding carboxylic acids is 1.